The predicted octanol–water partition coefficient (Wildman–Crippen LogP) is 3.94. The van der Waals surface area contributed by atoms with Crippen LogP contribution in [0, 0.1) is 0 Å². The van der Waals surface area contributed by atoms with Gasteiger partial charge in [0.2, 0.25) is 0 Å². The Hall–Kier alpha value is -2.90. The number of amides is 3. The van der Waals surface area contributed by atoms with Crippen molar-refractivity contribution in [2.75, 3.05) is 11.9 Å². The normalized spacial score (nSPS) is 13.8. The van der Waals surface area contributed by atoms with Crippen molar-refractivity contribution in [1.29, 1.82) is 0 Å². The van der Waals surface area contributed by atoms with E-state index in [2.05, 4.69) is 5.32 Å². The fraction of sp³-hybridized carbons (Fsp3) is 0.238. The monoisotopic (exact) mass is 448 g/mol. The third-order valence-electron chi connectivity index (χ3n) is 4.53. The van der Waals surface area contributed by atoms with E-state index in [-0.39, 0.29) is 41.2 Å². The van der Waals surface area contributed by atoms with Gasteiger partial charge in [0, 0.05) is 13.0 Å². The number of nitrogens with one attached hydrogen (secondary N) is 1. The number of fused-ring (bicyclic) bond motifs is 1. The van der Waals surface area contributed by atoms with Crippen LogP contribution in [0.2, 0.25) is 10.0 Å². The molecule has 1 heterocycles. The average Bonchev–Trinajstić information content (AvgIpc) is 2.96. The zero-order chi connectivity index (χ0) is 21.8. The van der Waals surface area contributed by atoms with Crippen LogP contribution in [-0.2, 0) is 14.3 Å². The van der Waals surface area contributed by atoms with Gasteiger partial charge in [-0.1, -0.05) is 41.4 Å². The van der Waals surface area contributed by atoms with Crippen LogP contribution in [0.15, 0.2) is 42.5 Å². The van der Waals surface area contributed by atoms with E-state index in [1.54, 1.807) is 42.5 Å². The van der Waals surface area contributed by atoms with Crippen LogP contribution >= 0.6 is 23.2 Å². The zero-order valence-corrected chi connectivity index (χ0v) is 17.5. The number of ether oxygens (including phenoxy) is 1. The molecule has 3 amide bonds. The average molecular weight is 449 g/mol. The van der Waals surface area contributed by atoms with Gasteiger partial charge in [-0.3, -0.25) is 24.1 Å². The summed E-state index contributed by atoms with van der Waals surface area (Å²) in [6.07, 6.45) is -0.895. The van der Waals surface area contributed by atoms with Gasteiger partial charge in [0.15, 0.2) is 6.10 Å². The summed E-state index contributed by atoms with van der Waals surface area (Å²) < 4.78 is 5.12. The molecule has 0 saturated heterocycles. The standard InChI is InChI=1S/C21H18Cl2N2O5/c1-12(19(27)24-16-9-4-8-15(22)18(16)23)30-17(26)10-5-11-25-20(28)13-6-2-3-7-14(13)21(25)29/h2-4,6-9,12H,5,10-11H2,1H3,(H,24,27). The highest BCUT2D eigenvalue weighted by Gasteiger charge is 2.34. The first kappa shape index (κ1) is 21.8. The maximum atomic E-state index is 12.3. The van der Waals surface area contributed by atoms with E-state index in [1.807, 2.05) is 0 Å². The first-order chi connectivity index (χ1) is 14.3. The Morgan fingerprint density at radius 3 is 2.30 bits per heavy atom. The number of nitrogens with zero attached hydrogens (tertiary/aromatic N) is 1. The molecule has 2 aromatic rings. The van der Waals surface area contributed by atoms with E-state index < -0.39 is 18.0 Å². The molecule has 1 N–H and O–H groups in total. The van der Waals surface area contributed by atoms with E-state index in [4.69, 9.17) is 27.9 Å². The molecule has 156 valence electrons. The molecule has 0 fully saturated rings. The largest absolute Gasteiger partial charge is 0.453 e. The summed E-state index contributed by atoms with van der Waals surface area (Å²) in [4.78, 5) is 50.0. The molecular weight excluding hydrogens is 431 g/mol. The van der Waals surface area contributed by atoms with Gasteiger partial charge in [0.1, 0.15) is 0 Å². The topological polar surface area (TPSA) is 92.8 Å². The van der Waals surface area contributed by atoms with E-state index in [0.717, 1.165) is 4.90 Å². The van der Waals surface area contributed by atoms with E-state index in [0.29, 0.717) is 16.8 Å². The third kappa shape index (κ3) is 4.63. The number of anilines is 1. The fourth-order valence-corrected chi connectivity index (χ4v) is 3.32. The van der Waals surface area contributed by atoms with Gasteiger partial charge in [-0.2, -0.15) is 0 Å². The number of esters is 1. The second kappa shape index (κ2) is 9.28. The van der Waals surface area contributed by atoms with Crippen molar-refractivity contribution in [3.8, 4) is 0 Å². The van der Waals surface area contributed by atoms with Gasteiger partial charge >= 0.3 is 5.97 Å². The van der Waals surface area contributed by atoms with Gasteiger partial charge in [0.25, 0.3) is 17.7 Å². The van der Waals surface area contributed by atoms with E-state index in [1.165, 1.54) is 6.92 Å². The van der Waals surface area contributed by atoms with Crippen LogP contribution in [0.25, 0.3) is 0 Å². The maximum absolute atomic E-state index is 12.3. The Bertz CT molecular complexity index is 989. The van der Waals surface area contributed by atoms with Crippen LogP contribution in [0.4, 0.5) is 5.69 Å². The van der Waals surface area contributed by atoms with Crippen molar-refractivity contribution in [2.45, 2.75) is 25.9 Å². The van der Waals surface area contributed by atoms with Crippen molar-refractivity contribution in [3.05, 3.63) is 63.6 Å². The van der Waals surface area contributed by atoms with Crippen molar-refractivity contribution in [2.24, 2.45) is 0 Å². The maximum Gasteiger partial charge on any atom is 0.306 e. The summed E-state index contributed by atoms with van der Waals surface area (Å²) in [6, 6.07) is 11.3. The highest BCUT2D eigenvalue weighted by Crippen LogP contribution is 2.29. The number of imide groups is 1. The Morgan fingerprint density at radius 2 is 1.67 bits per heavy atom. The van der Waals surface area contributed by atoms with Crippen LogP contribution in [0.3, 0.4) is 0 Å². The molecule has 1 unspecified atom stereocenters. The lowest BCUT2D eigenvalue weighted by molar-refractivity contribution is -0.153. The molecule has 30 heavy (non-hydrogen) atoms. The van der Waals surface area contributed by atoms with Gasteiger partial charge in [-0.25, -0.2) is 0 Å². The first-order valence-electron chi connectivity index (χ1n) is 9.19. The number of benzene rings is 2. The van der Waals surface area contributed by atoms with Crippen LogP contribution in [0.5, 0.6) is 0 Å². The molecule has 0 aromatic heterocycles. The van der Waals surface area contributed by atoms with E-state index >= 15 is 0 Å². The van der Waals surface area contributed by atoms with E-state index in [9.17, 15) is 19.2 Å². The van der Waals surface area contributed by atoms with Crippen molar-refractivity contribution in [1.82, 2.24) is 4.90 Å². The second-order valence-electron chi connectivity index (χ2n) is 6.63. The summed E-state index contributed by atoms with van der Waals surface area (Å²) in [6.45, 7) is 1.51. The minimum atomic E-state index is -1.06. The van der Waals surface area contributed by atoms with Crippen molar-refractivity contribution < 1.29 is 23.9 Å². The summed E-state index contributed by atoms with van der Waals surface area (Å²) in [7, 11) is 0. The van der Waals surface area contributed by atoms with Crippen molar-refractivity contribution >= 4 is 52.6 Å². The molecule has 9 heteroatoms. The second-order valence-corrected chi connectivity index (χ2v) is 7.42. The molecule has 0 spiro atoms. The highest BCUT2D eigenvalue weighted by molar-refractivity contribution is 6.44. The molecule has 7 nitrogen and oxygen atoms in total. The third-order valence-corrected chi connectivity index (χ3v) is 5.35. The van der Waals surface area contributed by atoms with Crippen LogP contribution in [-0.4, -0.2) is 41.2 Å². The van der Waals surface area contributed by atoms with Gasteiger partial charge in [0.05, 0.1) is 26.9 Å². The fourth-order valence-electron chi connectivity index (χ4n) is 2.97. The van der Waals surface area contributed by atoms with Crippen LogP contribution in [0.1, 0.15) is 40.5 Å². The Morgan fingerprint density at radius 1 is 1.03 bits per heavy atom. The minimum absolute atomic E-state index is 0.0526. The highest BCUT2D eigenvalue weighted by atomic mass is 35.5. The smallest absolute Gasteiger partial charge is 0.306 e. The summed E-state index contributed by atoms with van der Waals surface area (Å²) in [5.41, 5.74) is 1.02. The van der Waals surface area contributed by atoms with Crippen LogP contribution < -0.4 is 5.32 Å². The van der Waals surface area contributed by atoms with Gasteiger partial charge in [-0.15, -0.1) is 0 Å². The lowest BCUT2D eigenvalue weighted by Gasteiger charge is -2.16. The lowest BCUT2D eigenvalue weighted by atomic mass is 10.1. The molecule has 0 bridgehead atoms. The minimum Gasteiger partial charge on any atom is -0.453 e. The van der Waals surface area contributed by atoms with Gasteiger partial charge in [-0.05, 0) is 37.6 Å². The number of hydrogen-bond acceptors (Lipinski definition) is 5. The number of hydrogen-bond donors (Lipinski definition) is 1. The van der Waals surface area contributed by atoms with Gasteiger partial charge < -0.3 is 10.1 Å². The summed E-state index contributed by atoms with van der Waals surface area (Å²) >= 11 is 11.9. The Kier molecular flexibility index (Phi) is 6.74. The molecule has 1 atom stereocenters. The Labute approximate surface area is 182 Å². The molecule has 0 aliphatic carbocycles. The molecule has 1 aliphatic heterocycles. The predicted molar refractivity (Wildman–Crippen MR) is 112 cm³/mol. The number of carbonyl (C=O) groups is 4. The number of rotatable bonds is 7. The molecular formula is C21H18Cl2N2O5. The molecule has 0 saturated carbocycles. The summed E-state index contributed by atoms with van der Waals surface area (Å²) in [5, 5.41) is 3.02. The SMILES string of the molecule is CC(OC(=O)CCCN1C(=O)c2ccccc2C1=O)C(=O)Nc1cccc(Cl)c1Cl. The Balaban J connectivity index is 1.47. The zero-order valence-electron chi connectivity index (χ0n) is 16.0. The molecule has 1 aliphatic rings. The first-order valence-corrected chi connectivity index (χ1v) is 9.94. The number of halogens is 2. The lowest BCUT2D eigenvalue weighted by Crippen LogP contribution is -2.32. The molecule has 2 aromatic carbocycles. The number of carbonyl (C=O) groups excluding carboxylic acids is 4. The van der Waals surface area contributed by atoms with Crippen molar-refractivity contribution in [3.63, 3.8) is 0 Å². The molecule has 3 rings (SSSR count). The molecule has 0 radical (unpaired) electrons. The quantitative estimate of drug-likeness (QED) is 0.511. The summed E-state index contributed by atoms with van der Waals surface area (Å²) in [5.74, 6) is -1.94.